The van der Waals surface area contributed by atoms with E-state index in [2.05, 4.69) is 0 Å². The van der Waals surface area contributed by atoms with Crippen molar-refractivity contribution in [2.45, 2.75) is 13.5 Å². The van der Waals surface area contributed by atoms with Gasteiger partial charge in [-0.1, -0.05) is 17.7 Å². The van der Waals surface area contributed by atoms with E-state index in [0.29, 0.717) is 4.34 Å². The Morgan fingerprint density at radius 3 is 2.78 bits per heavy atom. The van der Waals surface area contributed by atoms with E-state index in [-0.39, 0.29) is 18.0 Å². The average molecular weight is 284 g/mol. The van der Waals surface area contributed by atoms with Crippen LogP contribution in [0, 0.1) is 17.0 Å². The standard InChI is InChI=1S/C12H10ClNO3S/c1-8-2-4-11(10(6-8)14(15)16)17-7-9-3-5-12(13)18-9/h2-6H,7H2,1H3. The van der Waals surface area contributed by atoms with Gasteiger partial charge in [-0.25, -0.2) is 0 Å². The first-order chi connectivity index (χ1) is 8.56. The van der Waals surface area contributed by atoms with Crippen LogP contribution in [0.25, 0.3) is 0 Å². The molecule has 94 valence electrons. The second-order valence-electron chi connectivity index (χ2n) is 3.72. The maximum Gasteiger partial charge on any atom is 0.311 e. The quantitative estimate of drug-likeness (QED) is 0.624. The number of rotatable bonds is 4. The summed E-state index contributed by atoms with van der Waals surface area (Å²) >= 11 is 7.19. The third-order valence-electron chi connectivity index (χ3n) is 2.31. The number of benzene rings is 1. The number of aryl methyl sites for hydroxylation is 1. The molecular weight excluding hydrogens is 274 g/mol. The summed E-state index contributed by atoms with van der Waals surface area (Å²) in [7, 11) is 0. The molecule has 0 spiro atoms. The van der Waals surface area contributed by atoms with Gasteiger partial charge in [0.1, 0.15) is 6.61 Å². The van der Waals surface area contributed by atoms with Gasteiger partial charge in [-0.05, 0) is 30.7 Å². The van der Waals surface area contributed by atoms with Crippen molar-refractivity contribution < 1.29 is 9.66 Å². The predicted molar refractivity (Wildman–Crippen MR) is 71.5 cm³/mol. The zero-order valence-corrected chi connectivity index (χ0v) is 11.1. The number of nitro benzene ring substituents is 1. The normalized spacial score (nSPS) is 10.3. The van der Waals surface area contributed by atoms with Gasteiger partial charge < -0.3 is 4.74 Å². The van der Waals surface area contributed by atoms with E-state index < -0.39 is 4.92 Å². The number of nitro groups is 1. The number of thiophene rings is 1. The molecule has 0 saturated heterocycles. The van der Waals surface area contributed by atoms with Crippen LogP contribution in [0.3, 0.4) is 0 Å². The Morgan fingerprint density at radius 1 is 1.39 bits per heavy atom. The molecule has 2 aromatic rings. The maximum absolute atomic E-state index is 10.9. The van der Waals surface area contributed by atoms with Crippen LogP contribution in [-0.4, -0.2) is 4.92 Å². The maximum atomic E-state index is 10.9. The number of nitrogens with zero attached hydrogens (tertiary/aromatic N) is 1. The van der Waals surface area contributed by atoms with Gasteiger partial charge in [0.15, 0.2) is 5.75 Å². The minimum atomic E-state index is -0.441. The fraction of sp³-hybridized carbons (Fsp3) is 0.167. The van der Waals surface area contributed by atoms with Crippen LogP contribution in [0.4, 0.5) is 5.69 Å². The summed E-state index contributed by atoms with van der Waals surface area (Å²) in [5.41, 5.74) is 0.811. The molecule has 4 nitrogen and oxygen atoms in total. The van der Waals surface area contributed by atoms with E-state index in [1.165, 1.54) is 17.4 Å². The highest BCUT2D eigenvalue weighted by Crippen LogP contribution is 2.29. The molecule has 1 aromatic carbocycles. The molecule has 0 aliphatic rings. The second kappa shape index (κ2) is 5.37. The van der Waals surface area contributed by atoms with Gasteiger partial charge in [0.2, 0.25) is 0 Å². The van der Waals surface area contributed by atoms with E-state index >= 15 is 0 Å². The van der Waals surface area contributed by atoms with Crippen LogP contribution in [0.2, 0.25) is 4.34 Å². The summed E-state index contributed by atoms with van der Waals surface area (Å²) in [6.45, 7) is 2.08. The van der Waals surface area contributed by atoms with E-state index in [9.17, 15) is 10.1 Å². The topological polar surface area (TPSA) is 52.4 Å². The highest BCUT2D eigenvalue weighted by Gasteiger charge is 2.15. The number of hydrogen-bond donors (Lipinski definition) is 0. The minimum absolute atomic E-state index is 0.0161. The highest BCUT2D eigenvalue weighted by atomic mass is 35.5. The molecule has 0 bridgehead atoms. The van der Waals surface area contributed by atoms with Gasteiger partial charge in [-0.15, -0.1) is 11.3 Å². The van der Waals surface area contributed by atoms with Gasteiger partial charge in [0.25, 0.3) is 0 Å². The monoisotopic (exact) mass is 283 g/mol. The summed E-state index contributed by atoms with van der Waals surface area (Å²) in [6.07, 6.45) is 0. The largest absolute Gasteiger partial charge is 0.481 e. The highest BCUT2D eigenvalue weighted by molar-refractivity contribution is 7.16. The number of hydrogen-bond acceptors (Lipinski definition) is 4. The smallest absolute Gasteiger partial charge is 0.311 e. The molecule has 0 unspecified atom stereocenters. The van der Waals surface area contributed by atoms with Gasteiger partial charge in [0.05, 0.1) is 9.26 Å². The lowest BCUT2D eigenvalue weighted by Crippen LogP contribution is -1.98. The summed E-state index contributed by atoms with van der Waals surface area (Å²) in [5.74, 6) is 0.273. The SMILES string of the molecule is Cc1ccc(OCc2ccc(Cl)s2)c([N+](=O)[O-])c1. The van der Waals surface area contributed by atoms with Crippen LogP contribution >= 0.6 is 22.9 Å². The molecular formula is C12H10ClNO3S. The van der Waals surface area contributed by atoms with Crippen molar-refractivity contribution in [3.8, 4) is 5.75 Å². The van der Waals surface area contributed by atoms with Gasteiger partial charge in [-0.2, -0.15) is 0 Å². The third kappa shape index (κ3) is 3.00. The molecule has 2 rings (SSSR count). The first kappa shape index (κ1) is 12.9. The molecule has 0 aliphatic heterocycles. The molecule has 0 saturated carbocycles. The molecule has 0 N–H and O–H groups in total. The van der Waals surface area contributed by atoms with E-state index in [4.69, 9.17) is 16.3 Å². The van der Waals surface area contributed by atoms with Crippen molar-refractivity contribution in [1.29, 1.82) is 0 Å². The lowest BCUT2D eigenvalue weighted by molar-refractivity contribution is -0.386. The summed E-state index contributed by atoms with van der Waals surface area (Å²) < 4.78 is 6.14. The Hall–Kier alpha value is -1.59. The minimum Gasteiger partial charge on any atom is -0.481 e. The Balaban J connectivity index is 2.16. The lowest BCUT2D eigenvalue weighted by atomic mass is 10.2. The molecule has 18 heavy (non-hydrogen) atoms. The number of ether oxygens (including phenoxy) is 1. The molecule has 1 heterocycles. The van der Waals surface area contributed by atoms with Gasteiger partial charge >= 0.3 is 5.69 Å². The summed E-state index contributed by atoms with van der Waals surface area (Å²) in [4.78, 5) is 11.4. The molecule has 1 aromatic heterocycles. The Kier molecular flexibility index (Phi) is 3.84. The van der Waals surface area contributed by atoms with Crippen LogP contribution in [0.15, 0.2) is 30.3 Å². The third-order valence-corrected chi connectivity index (χ3v) is 3.51. The van der Waals surface area contributed by atoms with Crippen molar-refractivity contribution >= 4 is 28.6 Å². The number of halogens is 1. The van der Waals surface area contributed by atoms with Gasteiger partial charge in [-0.3, -0.25) is 10.1 Å². The molecule has 0 amide bonds. The van der Waals surface area contributed by atoms with Crippen molar-refractivity contribution in [2.75, 3.05) is 0 Å². The first-order valence-electron chi connectivity index (χ1n) is 5.18. The molecule has 0 aliphatic carbocycles. The van der Waals surface area contributed by atoms with E-state index in [0.717, 1.165) is 10.4 Å². The zero-order valence-electron chi connectivity index (χ0n) is 9.55. The zero-order chi connectivity index (χ0) is 13.1. The summed E-state index contributed by atoms with van der Waals surface area (Å²) in [5, 5.41) is 10.9. The Morgan fingerprint density at radius 2 is 2.17 bits per heavy atom. The van der Waals surface area contributed by atoms with E-state index in [1.807, 2.05) is 6.07 Å². The fourth-order valence-electron chi connectivity index (χ4n) is 1.47. The van der Waals surface area contributed by atoms with E-state index in [1.54, 1.807) is 25.1 Å². The fourth-order valence-corrected chi connectivity index (χ4v) is 2.47. The Labute approximate surface area is 113 Å². The first-order valence-corrected chi connectivity index (χ1v) is 6.38. The molecule has 0 atom stereocenters. The summed E-state index contributed by atoms with van der Waals surface area (Å²) in [6, 6.07) is 8.50. The van der Waals surface area contributed by atoms with Gasteiger partial charge in [0, 0.05) is 10.9 Å². The lowest BCUT2D eigenvalue weighted by Gasteiger charge is -2.05. The Bertz CT molecular complexity index is 582. The second-order valence-corrected chi connectivity index (χ2v) is 5.52. The van der Waals surface area contributed by atoms with Crippen molar-refractivity contribution in [3.63, 3.8) is 0 Å². The van der Waals surface area contributed by atoms with Crippen LogP contribution < -0.4 is 4.74 Å². The predicted octanol–water partition coefficient (Wildman–Crippen LogP) is 4.20. The van der Waals surface area contributed by atoms with Crippen molar-refractivity contribution in [3.05, 3.63) is 55.2 Å². The molecule has 0 fully saturated rings. The van der Waals surface area contributed by atoms with Crippen LogP contribution in [0.5, 0.6) is 5.75 Å². The molecule has 0 radical (unpaired) electrons. The molecule has 6 heteroatoms. The van der Waals surface area contributed by atoms with Crippen molar-refractivity contribution in [2.24, 2.45) is 0 Å². The van der Waals surface area contributed by atoms with Crippen LogP contribution in [0.1, 0.15) is 10.4 Å². The average Bonchev–Trinajstić information content (AvgIpc) is 2.73. The van der Waals surface area contributed by atoms with Crippen LogP contribution in [-0.2, 0) is 6.61 Å². The van der Waals surface area contributed by atoms with Crippen molar-refractivity contribution in [1.82, 2.24) is 0 Å².